The molecule has 2 atom stereocenters. The van der Waals surface area contributed by atoms with E-state index in [1.807, 2.05) is 6.92 Å². The average Bonchev–Trinajstić information content (AvgIpc) is 2.77. The summed E-state index contributed by atoms with van der Waals surface area (Å²) < 4.78 is 32.5. The molecule has 0 saturated carbocycles. The fourth-order valence-electron chi connectivity index (χ4n) is 2.18. The number of hydrogen-bond acceptors (Lipinski definition) is 3. The van der Waals surface area contributed by atoms with Gasteiger partial charge < -0.3 is 4.74 Å². The van der Waals surface area contributed by atoms with Crippen LogP contribution in [-0.2, 0) is 14.8 Å². The van der Waals surface area contributed by atoms with Crippen LogP contribution in [0.15, 0.2) is 27.6 Å². The Morgan fingerprint density at radius 2 is 2.16 bits per heavy atom. The Morgan fingerprint density at radius 1 is 1.47 bits per heavy atom. The first kappa shape index (κ1) is 15.3. The van der Waals surface area contributed by atoms with Gasteiger partial charge in [0.2, 0.25) is 10.0 Å². The number of likely N-dealkylation sites (N-methyl/N-ethyl adjacent to an activating group) is 1. The molecule has 4 nitrogen and oxygen atoms in total. The Bertz CT molecular complexity index is 578. The third-order valence-corrected chi connectivity index (χ3v) is 6.46. The van der Waals surface area contributed by atoms with E-state index in [1.165, 1.54) is 16.4 Å². The van der Waals surface area contributed by atoms with Gasteiger partial charge in [0.25, 0.3) is 0 Å². The molecule has 1 heterocycles. The van der Waals surface area contributed by atoms with Crippen molar-refractivity contribution in [2.45, 2.75) is 30.4 Å². The third-order valence-electron chi connectivity index (χ3n) is 3.37. The van der Waals surface area contributed by atoms with Gasteiger partial charge in [-0.1, -0.05) is 11.6 Å². The van der Waals surface area contributed by atoms with E-state index in [9.17, 15) is 8.42 Å². The van der Waals surface area contributed by atoms with Gasteiger partial charge >= 0.3 is 0 Å². The Labute approximate surface area is 126 Å². The molecule has 7 heteroatoms. The van der Waals surface area contributed by atoms with Crippen molar-refractivity contribution in [3.63, 3.8) is 0 Å². The highest BCUT2D eigenvalue weighted by Crippen LogP contribution is 2.29. The van der Waals surface area contributed by atoms with Crippen molar-refractivity contribution in [3.8, 4) is 0 Å². The van der Waals surface area contributed by atoms with E-state index < -0.39 is 10.0 Å². The van der Waals surface area contributed by atoms with Crippen LogP contribution in [0.2, 0.25) is 5.02 Å². The molecule has 2 rings (SSSR count). The summed E-state index contributed by atoms with van der Waals surface area (Å²) >= 11 is 9.13. The van der Waals surface area contributed by atoms with Crippen LogP contribution in [0.1, 0.15) is 13.3 Å². The van der Waals surface area contributed by atoms with E-state index in [1.54, 1.807) is 13.1 Å². The van der Waals surface area contributed by atoms with Crippen molar-refractivity contribution in [2.75, 3.05) is 13.7 Å². The van der Waals surface area contributed by atoms with Gasteiger partial charge in [-0.25, -0.2) is 8.42 Å². The minimum atomic E-state index is -3.53. The molecule has 1 aromatic rings. The lowest BCUT2D eigenvalue weighted by atomic mass is 10.2. The highest BCUT2D eigenvalue weighted by molar-refractivity contribution is 9.10. The zero-order valence-electron chi connectivity index (χ0n) is 10.6. The number of ether oxygens (including phenoxy) is 1. The predicted molar refractivity (Wildman–Crippen MR) is 77.9 cm³/mol. The summed E-state index contributed by atoms with van der Waals surface area (Å²) in [4.78, 5) is 0.227. The van der Waals surface area contributed by atoms with E-state index in [4.69, 9.17) is 16.3 Å². The first-order chi connectivity index (χ1) is 8.84. The summed E-state index contributed by atoms with van der Waals surface area (Å²) in [5.41, 5.74) is 0. The second kappa shape index (κ2) is 5.69. The fourth-order valence-corrected chi connectivity index (χ4v) is 4.30. The zero-order chi connectivity index (χ0) is 14.2. The smallest absolute Gasteiger partial charge is 0.243 e. The highest BCUT2D eigenvalue weighted by atomic mass is 79.9. The molecule has 2 unspecified atom stereocenters. The molecule has 0 aliphatic carbocycles. The first-order valence-electron chi connectivity index (χ1n) is 5.88. The van der Waals surface area contributed by atoms with Crippen LogP contribution >= 0.6 is 27.5 Å². The van der Waals surface area contributed by atoms with Crippen LogP contribution in [0.4, 0.5) is 0 Å². The molecular weight excluding hydrogens is 354 g/mol. The number of rotatable bonds is 3. The lowest BCUT2D eigenvalue weighted by Gasteiger charge is -2.26. The molecule has 0 aromatic heterocycles. The molecule has 106 valence electrons. The van der Waals surface area contributed by atoms with Crippen molar-refractivity contribution < 1.29 is 13.2 Å². The topological polar surface area (TPSA) is 46.6 Å². The number of nitrogens with zero attached hydrogens (tertiary/aromatic N) is 1. The maximum absolute atomic E-state index is 12.5. The van der Waals surface area contributed by atoms with Gasteiger partial charge in [0, 0.05) is 18.1 Å². The first-order valence-corrected chi connectivity index (χ1v) is 8.50. The van der Waals surface area contributed by atoms with Gasteiger partial charge in [0.05, 0.1) is 22.1 Å². The molecule has 1 saturated heterocycles. The van der Waals surface area contributed by atoms with Crippen molar-refractivity contribution in [1.82, 2.24) is 4.31 Å². The molecular formula is C12H15BrClNO3S. The number of benzene rings is 1. The second-order valence-corrected chi connectivity index (χ2v) is 7.79. The normalized spacial score (nSPS) is 24.1. The summed E-state index contributed by atoms with van der Waals surface area (Å²) in [5, 5.41) is 0.485. The van der Waals surface area contributed by atoms with Gasteiger partial charge in [-0.3, -0.25) is 0 Å². The minimum absolute atomic E-state index is 0.0875. The van der Waals surface area contributed by atoms with Crippen LogP contribution in [0.3, 0.4) is 0 Å². The lowest BCUT2D eigenvalue weighted by molar-refractivity contribution is 0.102. The summed E-state index contributed by atoms with van der Waals surface area (Å²) in [6, 6.07) is 4.48. The second-order valence-electron chi connectivity index (χ2n) is 4.53. The van der Waals surface area contributed by atoms with E-state index in [0.29, 0.717) is 22.5 Å². The van der Waals surface area contributed by atoms with Crippen molar-refractivity contribution >= 4 is 37.6 Å². The zero-order valence-corrected chi connectivity index (χ0v) is 13.8. The molecule has 0 spiro atoms. The van der Waals surface area contributed by atoms with Crippen LogP contribution in [0, 0.1) is 0 Å². The van der Waals surface area contributed by atoms with Gasteiger partial charge in [-0.15, -0.1) is 0 Å². The van der Waals surface area contributed by atoms with Crippen LogP contribution in [0.5, 0.6) is 0 Å². The van der Waals surface area contributed by atoms with E-state index in [-0.39, 0.29) is 17.0 Å². The average molecular weight is 369 g/mol. The Balaban J connectivity index is 2.33. The predicted octanol–water partition coefficient (Wildman–Crippen LogP) is 2.90. The molecule has 19 heavy (non-hydrogen) atoms. The van der Waals surface area contributed by atoms with E-state index >= 15 is 0 Å². The van der Waals surface area contributed by atoms with Crippen molar-refractivity contribution in [3.05, 3.63) is 27.7 Å². The van der Waals surface area contributed by atoms with Crippen LogP contribution < -0.4 is 0 Å². The van der Waals surface area contributed by atoms with Crippen LogP contribution in [-0.4, -0.2) is 38.5 Å². The number of hydrogen-bond donors (Lipinski definition) is 0. The summed E-state index contributed by atoms with van der Waals surface area (Å²) in [5.74, 6) is 0. The summed E-state index contributed by atoms with van der Waals surface area (Å²) in [7, 11) is -1.94. The van der Waals surface area contributed by atoms with Gasteiger partial charge in [0.15, 0.2) is 0 Å². The van der Waals surface area contributed by atoms with Gasteiger partial charge in [0.1, 0.15) is 0 Å². The quantitative estimate of drug-likeness (QED) is 0.824. The SMILES string of the molecule is CC1OCCC1N(C)S(=O)(=O)c1ccc(Cl)c(Br)c1. The van der Waals surface area contributed by atoms with Crippen molar-refractivity contribution in [2.24, 2.45) is 0 Å². The molecule has 0 N–H and O–H groups in total. The molecule has 1 aliphatic rings. The monoisotopic (exact) mass is 367 g/mol. The van der Waals surface area contributed by atoms with Gasteiger partial charge in [-0.2, -0.15) is 4.31 Å². The van der Waals surface area contributed by atoms with E-state index in [2.05, 4.69) is 15.9 Å². The number of sulfonamides is 1. The largest absolute Gasteiger partial charge is 0.377 e. The summed E-state index contributed by atoms with van der Waals surface area (Å²) in [6.45, 7) is 2.48. The molecule has 0 amide bonds. The molecule has 1 fully saturated rings. The van der Waals surface area contributed by atoms with Crippen LogP contribution in [0.25, 0.3) is 0 Å². The molecule has 1 aliphatic heterocycles. The summed E-state index contributed by atoms with van der Waals surface area (Å²) in [6.07, 6.45) is 0.626. The lowest BCUT2D eigenvalue weighted by Crippen LogP contribution is -2.40. The van der Waals surface area contributed by atoms with Gasteiger partial charge in [-0.05, 0) is 47.5 Å². The molecule has 0 bridgehead atoms. The maximum Gasteiger partial charge on any atom is 0.243 e. The highest BCUT2D eigenvalue weighted by Gasteiger charge is 2.35. The Morgan fingerprint density at radius 3 is 2.68 bits per heavy atom. The standard InChI is InChI=1S/C12H15BrClNO3S/c1-8-12(5-6-18-8)15(2)19(16,17)9-3-4-11(14)10(13)7-9/h3-4,7-8,12H,5-6H2,1-2H3. The molecule has 0 radical (unpaired) electrons. The number of halogens is 2. The fraction of sp³-hybridized carbons (Fsp3) is 0.500. The molecule has 1 aromatic carbocycles. The Hall–Kier alpha value is -0.140. The third kappa shape index (κ3) is 2.97. The van der Waals surface area contributed by atoms with E-state index in [0.717, 1.165) is 0 Å². The van der Waals surface area contributed by atoms with Crippen molar-refractivity contribution in [1.29, 1.82) is 0 Å². The maximum atomic E-state index is 12.5. The Kier molecular flexibility index (Phi) is 4.57. The minimum Gasteiger partial charge on any atom is -0.377 e.